The van der Waals surface area contributed by atoms with Crippen molar-refractivity contribution in [3.05, 3.63) is 49.2 Å². The molecule has 0 bridgehead atoms. The molecule has 0 aliphatic rings. The van der Waals surface area contributed by atoms with Crippen molar-refractivity contribution in [1.29, 1.82) is 0 Å². The predicted molar refractivity (Wildman–Crippen MR) is 46.6 cm³/mol. The van der Waals surface area contributed by atoms with Crippen LogP contribution in [0.5, 0.6) is 0 Å². The highest BCUT2D eigenvalue weighted by Gasteiger charge is 1.81. The zero-order valence-electron chi connectivity index (χ0n) is 6.27. The van der Waals surface area contributed by atoms with Crippen LogP contribution in [-0.4, -0.2) is 4.57 Å². The van der Waals surface area contributed by atoms with E-state index in [2.05, 4.69) is 18.2 Å². The maximum absolute atomic E-state index is 4.03. The first-order chi connectivity index (χ1) is 5.38. The molecule has 56 valence electrons. The molecule has 0 fully saturated rings. The fraction of sp³-hybridized carbons (Fsp3) is 0. The van der Waals surface area contributed by atoms with Gasteiger partial charge in [-0.15, -0.1) is 0 Å². The first-order valence-electron chi connectivity index (χ1n) is 3.33. The Morgan fingerprint density at radius 2 is 2.18 bits per heavy atom. The molecule has 2 nitrogen and oxygen atoms in total. The van der Waals surface area contributed by atoms with E-state index in [1.807, 2.05) is 29.0 Å². The summed E-state index contributed by atoms with van der Waals surface area (Å²) in [6, 6.07) is 5.73. The minimum absolute atomic E-state index is 0.831. The predicted octanol–water partition coefficient (Wildman–Crippen LogP) is 1.63. The summed E-state index contributed by atoms with van der Waals surface area (Å²) in [7, 11) is 0. The van der Waals surface area contributed by atoms with Crippen LogP contribution < -0.4 is 5.49 Å². The number of hydrogen-bond acceptors (Lipinski definition) is 1. The lowest BCUT2D eigenvalue weighted by atomic mass is 10.5. The van der Waals surface area contributed by atoms with Gasteiger partial charge in [-0.3, -0.25) is 0 Å². The number of nitrogens with zero attached hydrogens (tertiary/aromatic N) is 2. The maximum Gasteiger partial charge on any atom is 0.136 e. The molecule has 1 aromatic heterocycles. The van der Waals surface area contributed by atoms with Gasteiger partial charge in [0.25, 0.3) is 0 Å². The van der Waals surface area contributed by atoms with E-state index in [1.54, 1.807) is 6.20 Å². The summed E-state index contributed by atoms with van der Waals surface area (Å²) in [5, 5.41) is 0. The van der Waals surface area contributed by atoms with Gasteiger partial charge in [-0.1, -0.05) is 19.2 Å². The highest BCUT2D eigenvalue weighted by Crippen LogP contribution is 1.81. The fourth-order valence-corrected chi connectivity index (χ4v) is 0.804. The van der Waals surface area contributed by atoms with Gasteiger partial charge in [0.1, 0.15) is 5.49 Å². The third-order valence-electron chi connectivity index (χ3n) is 1.29. The molecule has 0 N–H and O–H groups in total. The Balaban J connectivity index is 3.34. The Morgan fingerprint density at radius 3 is 2.82 bits per heavy atom. The molecule has 1 rings (SSSR count). The topological polar surface area (TPSA) is 17.3 Å². The molecule has 0 unspecified atom stereocenters. The summed E-state index contributed by atoms with van der Waals surface area (Å²) < 4.78 is 1.82. The number of aromatic nitrogens is 1. The second-order valence-electron chi connectivity index (χ2n) is 1.96. The third-order valence-corrected chi connectivity index (χ3v) is 1.29. The molecule has 0 saturated heterocycles. The molecule has 0 saturated carbocycles. The molecule has 0 amide bonds. The lowest BCUT2D eigenvalue weighted by molar-refractivity contribution is 1.01. The highest BCUT2D eigenvalue weighted by atomic mass is 15.0. The lowest BCUT2D eigenvalue weighted by Crippen LogP contribution is -2.13. The molecule has 0 aromatic carbocycles. The van der Waals surface area contributed by atoms with Crippen molar-refractivity contribution in [2.24, 2.45) is 4.99 Å². The monoisotopic (exact) mass is 146 g/mol. The van der Waals surface area contributed by atoms with Crippen LogP contribution in [0.1, 0.15) is 0 Å². The first kappa shape index (κ1) is 7.54. The van der Waals surface area contributed by atoms with Crippen LogP contribution in [0.4, 0.5) is 0 Å². The quantitative estimate of drug-likeness (QED) is 0.603. The van der Waals surface area contributed by atoms with Crippen molar-refractivity contribution in [2.75, 3.05) is 0 Å². The zero-order chi connectivity index (χ0) is 8.10. The smallest absolute Gasteiger partial charge is 0.136 e. The van der Waals surface area contributed by atoms with Crippen LogP contribution in [0, 0.1) is 0 Å². The van der Waals surface area contributed by atoms with Crippen molar-refractivity contribution in [3.63, 3.8) is 0 Å². The summed E-state index contributed by atoms with van der Waals surface area (Å²) in [4.78, 5) is 4.03. The standard InChI is InChI=1S/C9H10N2/c1-3-10-9-7-5-6-8-11(9)4-2/h3-8H,1-2H2. The summed E-state index contributed by atoms with van der Waals surface area (Å²) >= 11 is 0. The van der Waals surface area contributed by atoms with Gasteiger partial charge in [-0.25, -0.2) is 4.99 Å². The van der Waals surface area contributed by atoms with Crippen LogP contribution in [0.3, 0.4) is 0 Å². The van der Waals surface area contributed by atoms with E-state index < -0.39 is 0 Å². The third kappa shape index (κ3) is 1.67. The van der Waals surface area contributed by atoms with E-state index in [1.165, 1.54) is 6.20 Å². The average molecular weight is 146 g/mol. The van der Waals surface area contributed by atoms with Crippen LogP contribution in [-0.2, 0) is 0 Å². The molecule has 0 atom stereocenters. The molecule has 0 spiro atoms. The molecule has 1 heterocycles. The van der Waals surface area contributed by atoms with E-state index in [9.17, 15) is 0 Å². The molecular formula is C9H10N2. The second-order valence-corrected chi connectivity index (χ2v) is 1.96. The van der Waals surface area contributed by atoms with Crippen LogP contribution in [0.2, 0.25) is 0 Å². The van der Waals surface area contributed by atoms with Crippen LogP contribution in [0.15, 0.2) is 48.7 Å². The van der Waals surface area contributed by atoms with Gasteiger partial charge in [-0.05, 0) is 12.1 Å². The fourth-order valence-electron chi connectivity index (χ4n) is 0.804. The van der Waals surface area contributed by atoms with E-state index >= 15 is 0 Å². The number of rotatable bonds is 2. The van der Waals surface area contributed by atoms with E-state index in [0.717, 1.165) is 5.49 Å². The largest absolute Gasteiger partial charge is 0.309 e. The average Bonchev–Trinajstić information content (AvgIpc) is 2.06. The van der Waals surface area contributed by atoms with Gasteiger partial charge < -0.3 is 4.57 Å². The minimum atomic E-state index is 0.831. The molecule has 0 aliphatic heterocycles. The lowest BCUT2D eigenvalue weighted by Gasteiger charge is -1.96. The van der Waals surface area contributed by atoms with Crippen molar-refractivity contribution >= 4 is 6.20 Å². The van der Waals surface area contributed by atoms with Gasteiger partial charge in [0.15, 0.2) is 0 Å². The molecule has 1 aromatic rings. The van der Waals surface area contributed by atoms with Crippen molar-refractivity contribution in [1.82, 2.24) is 4.57 Å². The van der Waals surface area contributed by atoms with E-state index in [0.29, 0.717) is 0 Å². The molecule has 11 heavy (non-hydrogen) atoms. The van der Waals surface area contributed by atoms with Crippen LogP contribution in [0.25, 0.3) is 6.20 Å². The Bertz CT molecular complexity index is 320. The van der Waals surface area contributed by atoms with E-state index in [-0.39, 0.29) is 0 Å². The zero-order valence-corrected chi connectivity index (χ0v) is 6.27. The van der Waals surface area contributed by atoms with Crippen molar-refractivity contribution in [2.45, 2.75) is 0 Å². The summed E-state index contributed by atoms with van der Waals surface area (Å²) in [5.41, 5.74) is 0.831. The van der Waals surface area contributed by atoms with E-state index in [4.69, 9.17) is 0 Å². The van der Waals surface area contributed by atoms with Crippen LogP contribution >= 0.6 is 0 Å². The molecule has 0 radical (unpaired) electrons. The molecule has 0 aliphatic carbocycles. The van der Waals surface area contributed by atoms with Crippen molar-refractivity contribution in [3.8, 4) is 0 Å². The Labute approximate surface area is 65.8 Å². The van der Waals surface area contributed by atoms with Gasteiger partial charge in [0.2, 0.25) is 0 Å². The maximum atomic E-state index is 4.03. The minimum Gasteiger partial charge on any atom is -0.309 e. The summed E-state index contributed by atoms with van der Waals surface area (Å²) in [6.45, 7) is 7.16. The SMILES string of the molecule is C=CN=c1ccccn1C=C. The van der Waals surface area contributed by atoms with Gasteiger partial charge >= 0.3 is 0 Å². The summed E-state index contributed by atoms with van der Waals surface area (Å²) in [6.07, 6.45) is 5.09. The van der Waals surface area contributed by atoms with Gasteiger partial charge in [0, 0.05) is 18.6 Å². The Morgan fingerprint density at radius 1 is 1.36 bits per heavy atom. The van der Waals surface area contributed by atoms with Gasteiger partial charge in [0.05, 0.1) is 0 Å². The second kappa shape index (κ2) is 3.56. The molecule has 2 heteroatoms. The molecular weight excluding hydrogens is 136 g/mol. The Kier molecular flexibility index (Phi) is 2.44. The highest BCUT2D eigenvalue weighted by molar-refractivity contribution is 5.16. The Hall–Kier alpha value is -1.57. The first-order valence-corrected chi connectivity index (χ1v) is 3.33. The van der Waals surface area contributed by atoms with Crippen molar-refractivity contribution < 1.29 is 0 Å². The normalized spacial score (nSPS) is 11.1. The summed E-state index contributed by atoms with van der Waals surface area (Å²) in [5.74, 6) is 0. The number of pyridine rings is 1. The number of hydrogen-bond donors (Lipinski definition) is 0. The van der Waals surface area contributed by atoms with Gasteiger partial charge in [-0.2, -0.15) is 0 Å².